The lowest BCUT2D eigenvalue weighted by atomic mass is 10.1. The predicted molar refractivity (Wildman–Crippen MR) is 77.0 cm³/mol. The molecule has 4 heteroatoms. The molecule has 1 N–H and O–H groups in total. The van der Waals surface area contributed by atoms with Gasteiger partial charge in [-0.05, 0) is 24.6 Å². The fraction of sp³-hybridized carbons (Fsp3) is 0.125. The fourth-order valence-corrected chi connectivity index (χ4v) is 2.24. The van der Waals surface area contributed by atoms with Gasteiger partial charge in [-0.3, -0.25) is 4.68 Å². The van der Waals surface area contributed by atoms with Crippen molar-refractivity contribution in [1.29, 1.82) is 0 Å². The van der Waals surface area contributed by atoms with E-state index in [1.54, 1.807) is 23.0 Å². The summed E-state index contributed by atoms with van der Waals surface area (Å²) < 4.78 is 1.78. The van der Waals surface area contributed by atoms with E-state index in [-0.39, 0.29) is 5.56 Å². The summed E-state index contributed by atoms with van der Waals surface area (Å²) >= 11 is 0. The van der Waals surface area contributed by atoms with Gasteiger partial charge in [0.2, 0.25) is 0 Å². The first kappa shape index (κ1) is 12.4. The Kier molecular flexibility index (Phi) is 2.99. The van der Waals surface area contributed by atoms with Crippen molar-refractivity contribution in [2.45, 2.75) is 13.5 Å². The van der Waals surface area contributed by atoms with Crippen LogP contribution in [0.3, 0.4) is 0 Å². The maximum Gasteiger partial charge on any atom is 0.336 e. The minimum absolute atomic E-state index is 0.289. The van der Waals surface area contributed by atoms with Crippen LogP contribution in [0.1, 0.15) is 21.5 Å². The number of aromatic nitrogens is 2. The van der Waals surface area contributed by atoms with Gasteiger partial charge in [-0.15, -0.1) is 0 Å². The Morgan fingerprint density at radius 2 is 1.95 bits per heavy atom. The number of aromatic carboxylic acids is 1. The van der Waals surface area contributed by atoms with Crippen molar-refractivity contribution >= 4 is 16.9 Å². The third-order valence-corrected chi connectivity index (χ3v) is 3.29. The molecule has 3 aromatic rings. The van der Waals surface area contributed by atoms with Gasteiger partial charge in [0.1, 0.15) is 0 Å². The van der Waals surface area contributed by atoms with Crippen LogP contribution in [-0.4, -0.2) is 20.9 Å². The monoisotopic (exact) mass is 266 g/mol. The summed E-state index contributed by atoms with van der Waals surface area (Å²) in [5.41, 5.74) is 3.35. The Bertz CT molecular complexity index is 773. The maximum atomic E-state index is 11.2. The van der Waals surface area contributed by atoms with Gasteiger partial charge < -0.3 is 5.11 Å². The molecule has 0 fully saturated rings. The lowest BCUT2D eigenvalue weighted by molar-refractivity contribution is 0.0699. The van der Waals surface area contributed by atoms with Gasteiger partial charge in [-0.2, -0.15) is 5.10 Å². The molecule has 1 heterocycles. The Morgan fingerprint density at radius 1 is 1.20 bits per heavy atom. The number of aryl methyl sites for hydroxylation is 1. The van der Waals surface area contributed by atoms with Gasteiger partial charge in [-0.25, -0.2) is 4.79 Å². The molecule has 2 aromatic carbocycles. The van der Waals surface area contributed by atoms with Crippen molar-refractivity contribution in [3.8, 4) is 0 Å². The number of hydrogen-bond acceptors (Lipinski definition) is 2. The van der Waals surface area contributed by atoms with E-state index in [0.29, 0.717) is 17.4 Å². The molecule has 3 rings (SSSR count). The third kappa shape index (κ3) is 2.28. The molecule has 0 saturated heterocycles. The smallest absolute Gasteiger partial charge is 0.336 e. The number of rotatable bonds is 3. The number of benzene rings is 2. The minimum atomic E-state index is -0.925. The van der Waals surface area contributed by atoms with Gasteiger partial charge in [0.15, 0.2) is 0 Å². The summed E-state index contributed by atoms with van der Waals surface area (Å²) in [7, 11) is 0. The van der Waals surface area contributed by atoms with Crippen LogP contribution in [0, 0.1) is 6.92 Å². The van der Waals surface area contributed by atoms with Crippen LogP contribution in [0.5, 0.6) is 0 Å². The lowest BCUT2D eigenvalue weighted by Gasteiger charge is -2.01. The van der Waals surface area contributed by atoms with Gasteiger partial charge >= 0.3 is 5.97 Å². The topological polar surface area (TPSA) is 55.1 Å². The normalized spacial score (nSPS) is 10.8. The van der Waals surface area contributed by atoms with Crippen molar-refractivity contribution in [2.75, 3.05) is 0 Å². The van der Waals surface area contributed by atoms with Crippen molar-refractivity contribution in [3.63, 3.8) is 0 Å². The molecule has 0 spiro atoms. The van der Waals surface area contributed by atoms with E-state index in [0.717, 1.165) is 5.56 Å². The van der Waals surface area contributed by atoms with E-state index in [4.69, 9.17) is 0 Å². The second-order valence-electron chi connectivity index (χ2n) is 4.86. The van der Waals surface area contributed by atoms with Crippen LogP contribution >= 0.6 is 0 Å². The highest BCUT2D eigenvalue weighted by molar-refractivity contribution is 6.02. The Morgan fingerprint density at radius 3 is 2.65 bits per heavy atom. The Hall–Kier alpha value is -2.62. The Labute approximate surface area is 116 Å². The highest BCUT2D eigenvalue weighted by Crippen LogP contribution is 2.18. The molecule has 1 aromatic heterocycles. The van der Waals surface area contributed by atoms with Crippen LogP contribution in [0.2, 0.25) is 0 Å². The molecular weight excluding hydrogens is 252 g/mol. The maximum absolute atomic E-state index is 11.2. The lowest BCUT2D eigenvalue weighted by Crippen LogP contribution is -1.99. The van der Waals surface area contributed by atoms with Crippen LogP contribution < -0.4 is 0 Å². The van der Waals surface area contributed by atoms with Crippen LogP contribution in [0.15, 0.2) is 48.7 Å². The Balaban J connectivity index is 1.99. The summed E-state index contributed by atoms with van der Waals surface area (Å²) in [6.45, 7) is 2.68. The number of fused-ring (bicyclic) bond motifs is 1. The second-order valence-corrected chi connectivity index (χ2v) is 4.86. The minimum Gasteiger partial charge on any atom is -0.478 e. The molecule has 0 aliphatic rings. The number of nitrogens with zero attached hydrogens (tertiary/aromatic N) is 2. The van der Waals surface area contributed by atoms with Gasteiger partial charge in [0, 0.05) is 11.6 Å². The summed E-state index contributed by atoms with van der Waals surface area (Å²) in [6.07, 6.45) is 1.79. The third-order valence-electron chi connectivity index (χ3n) is 3.29. The molecule has 0 aliphatic carbocycles. The van der Waals surface area contributed by atoms with E-state index < -0.39 is 5.97 Å². The molecule has 0 amide bonds. The average Bonchev–Trinajstić information content (AvgIpc) is 2.83. The first-order chi connectivity index (χ1) is 9.63. The molecular formula is C16H14N2O2. The van der Waals surface area contributed by atoms with Gasteiger partial charge in [0.05, 0.1) is 17.6 Å². The van der Waals surface area contributed by atoms with Gasteiger partial charge in [-0.1, -0.05) is 35.9 Å². The SMILES string of the molecule is Cc1ccc(Cn2cc3c(C(=O)O)cccc3n2)cc1. The van der Waals surface area contributed by atoms with Crippen LogP contribution in [0.4, 0.5) is 0 Å². The second kappa shape index (κ2) is 4.81. The number of hydrogen-bond donors (Lipinski definition) is 1. The molecule has 0 saturated carbocycles. The number of carbonyl (C=O) groups is 1. The summed E-state index contributed by atoms with van der Waals surface area (Å²) in [4.78, 5) is 11.2. The van der Waals surface area contributed by atoms with Crippen molar-refractivity contribution in [2.24, 2.45) is 0 Å². The first-order valence-corrected chi connectivity index (χ1v) is 6.38. The highest BCUT2D eigenvalue weighted by Gasteiger charge is 2.11. The summed E-state index contributed by atoms with van der Waals surface area (Å²) in [6, 6.07) is 13.4. The van der Waals surface area contributed by atoms with Crippen LogP contribution in [0.25, 0.3) is 10.9 Å². The van der Waals surface area contributed by atoms with Crippen molar-refractivity contribution in [3.05, 3.63) is 65.4 Å². The zero-order chi connectivity index (χ0) is 14.1. The molecule has 0 radical (unpaired) electrons. The van der Waals surface area contributed by atoms with Gasteiger partial charge in [0.25, 0.3) is 0 Å². The highest BCUT2D eigenvalue weighted by atomic mass is 16.4. The molecule has 100 valence electrons. The number of carboxylic acids is 1. The van der Waals surface area contributed by atoms with E-state index in [1.807, 2.05) is 13.0 Å². The standard InChI is InChI=1S/C16H14N2O2/c1-11-5-7-12(8-6-11)9-18-10-14-13(16(19)20)3-2-4-15(14)17-18/h2-8,10H,9H2,1H3,(H,19,20). The largest absolute Gasteiger partial charge is 0.478 e. The quantitative estimate of drug-likeness (QED) is 0.792. The first-order valence-electron chi connectivity index (χ1n) is 6.38. The van der Waals surface area contributed by atoms with E-state index >= 15 is 0 Å². The van der Waals surface area contributed by atoms with E-state index in [1.165, 1.54) is 5.56 Å². The molecule has 4 nitrogen and oxygen atoms in total. The molecule has 20 heavy (non-hydrogen) atoms. The van der Waals surface area contributed by atoms with Crippen molar-refractivity contribution in [1.82, 2.24) is 9.78 Å². The molecule has 0 bridgehead atoms. The molecule has 0 unspecified atom stereocenters. The fourth-order valence-electron chi connectivity index (χ4n) is 2.24. The summed E-state index contributed by atoms with van der Waals surface area (Å²) in [5.74, 6) is -0.925. The van der Waals surface area contributed by atoms with Crippen LogP contribution in [-0.2, 0) is 6.54 Å². The van der Waals surface area contributed by atoms with E-state index in [2.05, 4.69) is 29.4 Å². The molecule has 0 atom stereocenters. The predicted octanol–water partition coefficient (Wildman–Crippen LogP) is 3.09. The number of carboxylic acid groups (broad SMARTS) is 1. The zero-order valence-electron chi connectivity index (χ0n) is 11.1. The molecule has 0 aliphatic heterocycles. The summed E-state index contributed by atoms with van der Waals surface area (Å²) in [5, 5.41) is 14.3. The van der Waals surface area contributed by atoms with E-state index in [9.17, 15) is 9.90 Å². The van der Waals surface area contributed by atoms with Crippen molar-refractivity contribution < 1.29 is 9.90 Å². The average molecular weight is 266 g/mol. The zero-order valence-corrected chi connectivity index (χ0v) is 11.1.